The fourth-order valence-corrected chi connectivity index (χ4v) is 1.37. The van der Waals surface area contributed by atoms with Gasteiger partial charge in [-0.05, 0) is 12.1 Å². The molecule has 0 aliphatic heterocycles. The van der Waals surface area contributed by atoms with Gasteiger partial charge in [-0.25, -0.2) is 4.79 Å². The van der Waals surface area contributed by atoms with Crippen molar-refractivity contribution in [1.29, 1.82) is 0 Å². The van der Waals surface area contributed by atoms with Crippen molar-refractivity contribution in [3.8, 4) is 0 Å². The molecule has 0 saturated heterocycles. The predicted molar refractivity (Wildman–Crippen MR) is 52.2 cm³/mol. The molecule has 1 radical (unpaired) electrons. The van der Waals surface area contributed by atoms with E-state index in [2.05, 4.69) is 4.74 Å². The molecule has 0 aliphatic rings. The van der Waals surface area contributed by atoms with Crippen LogP contribution in [0.25, 0.3) is 0 Å². The Morgan fingerprint density at radius 2 is 2.07 bits per heavy atom. The third-order valence-electron chi connectivity index (χ3n) is 2.21. The van der Waals surface area contributed by atoms with E-state index < -0.39 is 10.6 Å². The van der Waals surface area contributed by atoms with Crippen molar-refractivity contribution in [1.82, 2.24) is 0 Å². The van der Waals surface area contributed by atoms with Crippen molar-refractivity contribution in [3.63, 3.8) is 0 Å². The molecular formula is C10H10NO4. The highest BCUT2D eigenvalue weighted by Crippen LogP contribution is 2.29. The summed E-state index contributed by atoms with van der Waals surface area (Å²) in [6.45, 7) is 2.72. The number of hydrogen-bond donors (Lipinski definition) is 0. The Bertz CT molecular complexity index is 352. The Labute approximate surface area is 86.8 Å². The molecule has 0 saturated carbocycles. The van der Waals surface area contributed by atoms with Crippen LogP contribution >= 0.6 is 0 Å². The summed E-state index contributed by atoms with van der Waals surface area (Å²) in [6, 6.07) is 8.12. The van der Waals surface area contributed by atoms with Crippen LogP contribution in [0.15, 0.2) is 30.3 Å². The van der Waals surface area contributed by atoms with Crippen LogP contribution in [0.1, 0.15) is 18.9 Å². The fraction of sp³-hybridized carbons (Fsp3) is 0.300. The van der Waals surface area contributed by atoms with E-state index >= 15 is 0 Å². The Morgan fingerprint density at radius 1 is 1.47 bits per heavy atom. The minimum absolute atomic E-state index is 0.0548. The van der Waals surface area contributed by atoms with E-state index in [0.717, 1.165) is 6.47 Å². The van der Waals surface area contributed by atoms with Gasteiger partial charge in [-0.15, -0.1) is 0 Å². The smallest absolute Gasteiger partial charge is 0.383 e. The third-order valence-corrected chi connectivity index (χ3v) is 2.21. The van der Waals surface area contributed by atoms with Gasteiger partial charge in [0.1, 0.15) is 0 Å². The lowest BCUT2D eigenvalue weighted by Crippen LogP contribution is -2.37. The molecule has 0 aliphatic carbocycles. The highest BCUT2D eigenvalue weighted by Gasteiger charge is 2.45. The van der Waals surface area contributed by atoms with E-state index in [4.69, 9.17) is 0 Å². The highest BCUT2D eigenvalue weighted by atomic mass is 16.7. The van der Waals surface area contributed by atoms with Crippen LogP contribution in [0.2, 0.25) is 0 Å². The monoisotopic (exact) mass is 208 g/mol. The average molecular weight is 208 g/mol. The molecule has 79 valence electrons. The van der Waals surface area contributed by atoms with Crippen molar-refractivity contribution in [2.24, 2.45) is 0 Å². The first-order valence-electron chi connectivity index (χ1n) is 4.42. The molecule has 1 aromatic carbocycles. The second-order valence-corrected chi connectivity index (χ2v) is 2.95. The van der Waals surface area contributed by atoms with Crippen LogP contribution < -0.4 is 0 Å². The zero-order valence-electron chi connectivity index (χ0n) is 8.17. The number of ether oxygens (including phenoxy) is 1. The normalized spacial score (nSPS) is 13.9. The molecule has 5 nitrogen and oxygen atoms in total. The number of hydrogen-bond acceptors (Lipinski definition) is 4. The minimum atomic E-state index is -1.82. The molecule has 0 bridgehead atoms. The second kappa shape index (κ2) is 4.54. The molecule has 1 aromatic rings. The van der Waals surface area contributed by atoms with Crippen LogP contribution in [0.5, 0.6) is 0 Å². The van der Waals surface area contributed by atoms with E-state index in [9.17, 15) is 14.9 Å². The molecule has 1 atom stereocenters. The van der Waals surface area contributed by atoms with E-state index in [0.29, 0.717) is 5.56 Å². The van der Waals surface area contributed by atoms with E-state index in [1.165, 1.54) is 0 Å². The van der Waals surface area contributed by atoms with Gasteiger partial charge in [0.25, 0.3) is 0 Å². The number of nitro groups is 1. The first-order chi connectivity index (χ1) is 7.17. The number of rotatable bonds is 5. The maximum Gasteiger partial charge on any atom is 0.423 e. The van der Waals surface area contributed by atoms with Crippen LogP contribution in [-0.4, -0.2) is 11.4 Å². The lowest BCUT2D eigenvalue weighted by Gasteiger charge is -2.20. The van der Waals surface area contributed by atoms with Gasteiger partial charge in [0.2, 0.25) is 0 Å². The largest absolute Gasteiger partial charge is 0.423 e. The molecule has 0 N–H and O–H groups in total. The summed E-state index contributed by atoms with van der Waals surface area (Å²) in [4.78, 5) is 20.5. The molecule has 0 spiro atoms. The molecule has 0 heterocycles. The Kier molecular flexibility index (Phi) is 3.38. The van der Waals surface area contributed by atoms with Gasteiger partial charge >= 0.3 is 12.2 Å². The summed E-state index contributed by atoms with van der Waals surface area (Å²) in [7, 11) is 0. The molecule has 0 aromatic heterocycles. The van der Waals surface area contributed by atoms with Crippen molar-refractivity contribution in [2.45, 2.75) is 19.1 Å². The fourth-order valence-electron chi connectivity index (χ4n) is 1.37. The minimum Gasteiger partial charge on any atom is -0.383 e. The summed E-state index contributed by atoms with van der Waals surface area (Å²) in [5.74, 6) is 0. The molecule has 15 heavy (non-hydrogen) atoms. The quantitative estimate of drug-likeness (QED) is 0.418. The van der Waals surface area contributed by atoms with Crippen molar-refractivity contribution in [2.75, 3.05) is 0 Å². The zero-order valence-corrected chi connectivity index (χ0v) is 8.17. The molecule has 5 heteroatoms. The summed E-state index contributed by atoms with van der Waals surface area (Å²) in [6.07, 6.45) is 0.0548. The molecule has 0 fully saturated rings. The molecular weight excluding hydrogens is 198 g/mol. The standard InChI is InChI=1S/C10H10NO4/c1-2-10(11(13)14,15-8-12)9-6-4-3-5-7-9/h3-7H,2H2,1H3. The summed E-state index contributed by atoms with van der Waals surface area (Å²) in [5.41, 5.74) is -1.48. The van der Waals surface area contributed by atoms with Gasteiger partial charge in [0.15, 0.2) is 0 Å². The summed E-state index contributed by atoms with van der Waals surface area (Å²) < 4.78 is 4.52. The van der Waals surface area contributed by atoms with Gasteiger partial charge in [-0.2, -0.15) is 0 Å². The number of nitrogens with zero attached hydrogens (tertiary/aromatic N) is 1. The molecule has 0 amide bonds. The maximum absolute atomic E-state index is 10.9. The molecule has 1 unspecified atom stereocenters. The number of benzene rings is 1. The first kappa shape index (κ1) is 11.2. The van der Waals surface area contributed by atoms with Crippen molar-refractivity contribution in [3.05, 3.63) is 46.0 Å². The van der Waals surface area contributed by atoms with Crippen LogP contribution in [-0.2, 0) is 15.3 Å². The lowest BCUT2D eigenvalue weighted by molar-refractivity contribution is -0.631. The van der Waals surface area contributed by atoms with Crippen LogP contribution in [0.4, 0.5) is 0 Å². The third kappa shape index (κ3) is 1.96. The van der Waals surface area contributed by atoms with E-state index in [1.54, 1.807) is 37.3 Å². The topological polar surface area (TPSA) is 69.4 Å². The van der Waals surface area contributed by atoms with Gasteiger partial charge in [0.05, 0.1) is 16.9 Å². The summed E-state index contributed by atoms with van der Waals surface area (Å²) >= 11 is 0. The predicted octanol–water partition coefficient (Wildman–Crippen LogP) is 1.61. The Morgan fingerprint density at radius 3 is 2.47 bits per heavy atom. The average Bonchev–Trinajstić information content (AvgIpc) is 2.26. The maximum atomic E-state index is 10.9. The Hall–Kier alpha value is -1.91. The highest BCUT2D eigenvalue weighted by molar-refractivity contribution is 5.40. The first-order valence-corrected chi connectivity index (χ1v) is 4.42. The summed E-state index contributed by atoms with van der Waals surface area (Å²) in [5, 5.41) is 10.9. The van der Waals surface area contributed by atoms with Gasteiger partial charge in [-0.1, -0.05) is 25.1 Å². The second-order valence-electron chi connectivity index (χ2n) is 2.95. The van der Waals surface area contributed by atoms with Crippen molar-refractivity contribution < 1.29 is 14.5 Å². The Balaban J connectivity index is 3.21. The number of carbonyl (C=O) groups excluding carboxylic acids is 1. The zero-order chi connectivity index (χ0) is 11.3. The molecule has 1 rings (SSSR count). The van der Waals surface area contributed by atoms with Gasteiger partial charge in [0, 0.05) is 0 Å². The van der Waals surface area contributed by atoms with Crippen molar-refractivity contribution >= 4 is 6.47 Å². The van der Waals surface area contributed by atoms with E-state index in [-0.39, 0.29) is 6.42 Å². The SMILES string of the molecule is CCC(O[C]=O)(c1ccccc1)[N+](=O)[O-]. The van der Waals surface area contributed by atoms with Crippen LogP contribution in [0, 0.1) is 10.1 Å². The van der Waals surface area contributed by atoms with Crippen LogP contribution in [0.3, 0.4) is 0 Å². The van der Waals surface area contributed by atoms with E-state index in [1.807, 2.05) is 0 Å². The lowest BCUT2D eigenvalue weighted by atomic mass is 10.0. The van der Waals surface area contributed by atoms with Gasteiger partial charge < -0.3 is 4.74 Å². The van der Waals surface area contributed by atoms with Gasteiger partial charge in [-0.3, -0.25) is 10.1 Å².